The summed E-state index contributed by atoms with van der Waals surface area (Å²) >= 11 is 0. The quantitative estimate of drug-likeness (QED) is 0.734. The number of nitrogens with zero attached hydrogens (tertiary/aromatic N) is 1. The van der Waals surface area contributed by atoms with E-state index in [1.165, 1.54) is 13.5 Å². The Morgan fingerprint density at radius 2 is 1.95 bits per heavy atom. The van der Waals surface area contributed by atoms with Gasteiger partial charge in [0.15, 0.2) is 0 Å². The maximum absolute atomic E-state index is 12.3. The second kappa shape index (κ2) is 7.59. The first-order valence-corrected chi connectivity index (χ1v) is 8.30. The normalized spacial score (nSPS) is 27.6. The van der Waals surface area contributed by atoms with Crippen molar-refractivity contribution in [2.45, 2.75) is 84.0 Å². The van der Waals surface area contributed by atoms with E-state index in [2.05, 4.69) is 51.9 Å². The monoisotopic (exact) mass is 298 g/mol. The van der Waals surface area contributed by atoms with Crippen molar-refractivity contribution in [2.75, 3.05) is 14.2 Å². The van der Waals surface area contributed by atoms with Crippen molar-refractivity contribution in [2.24, 2.45) is 5.92 Å². The van der Waals surface area contributed by atoms with Crippen LogP contribution >= 0.6 is 0 Å². The molecule has 0 spiro atoms. The molecule has 1 aliphatic carbocycles. The third-order valence-electron chi connectivity index (χ3n) is 4.71. The van der Waals surface area contributed by atoms with Gasteiger partial charge in [-0.15, -0.1) is 0 Å². The lowest BCUT2D eigenvalue weighted by Crippen LogP contribution is -2.54. The van der Waals surface area contributed by atoms with E-state index >= 15 is 0 Å². The first kappa shape index (κ1) is 18.4. The topological polar surface area (TPSA) is 41.6 Å². The molecule has 1 fully saturated rings. The van der Waals surface area contributed by atoms with Crippen LogP contribution in [0.1, 0.15) is 60.3 Å². The number of hydrogen-bond donors (Lipinski definition) is 1. The molecule has 3 atom stereocenters. The summed E-state index contributed by atoms with van der Waals surface area (Å²) < 4.78 is 5.07. The molecule has 1 rings (SSSR count). The Bertz CT molecular complexity index is 344. The molecule has 4 nitrogen and oxygen atoms in total. The fourth-order valence-electron chi connectivity index (χ4n) is 3.70. The summed E-state index contributed by atoms with van der Waals surface area (Å²) in [6.45, 7) is 11.0. The van der Waals surface area contributed by atoms with Crippen molar-refractivity contribution in [3.8, 4) is 0 Å². The predicted octanol–water partition coefficient (Wildman–Crippen LogP) is 2.82. The van der Waals surface area contributed by atoms with E-state index in [-0.39, 0.29) is 12.0 Å². The maximum atomic E-state index is 12.3. The Hall–Kier alpha value is -0.610. The van der Waals surface area contributed by atoms with E-state index in [1.54, 1.807) is 0 Å². The SMILES string of the molecule is COC(=O)C1(NC(C)C)CCC(N(C)C(C)CC(C)C)C1. The van der Waals surface area contributed by atoms with Crippen LogP contribution in [0, 0.1) is 5.92 Å². The number of rotatable bonds is 7. The summed E-state index contributed by atoms with van der Waals surface area (Å²) in [4.78, 5) is 14.7. The van der Waals surface area contributed by atoms with E-state index in [0.29, 0.717) is 18.0 Å². The zero-order valence-corrected chi connectivity index (χ0v) is 14.9. The van der Waals surface area contributed by atoms with Crippen LogP contribution in [0.5, 0.6) is 0 Å². The maximum Gasteiger partial charge on any atom is 0.326 e. The van der Waals surface area contributed by atoms with E-state index in [9.17, 15) is 4.79 Å². The number of carbonyl (C=O) groups is 1. The first-order chi connectivity index (χ1) is 9.71. The van der Waals surface area contributed by atoms with Gasteiger partial charge in [-0.3, -0.25) is 10.1 Å². The smallest absolute Gasteiger partial charge is 0.326 e. The molecule has 0 saturated heterocycles. The Balaban J connectivity index is 2.76. The van der Waals surface area contributed by atoms with Gasteiger partial charge >= 0.3 is 5.97 Å². The minimum Gasteiger partial charge on any atom is -0.468 e. The van der Waals surface area contributed by atoms with Gasteiger partial charge in [-0.2, -0.15) is 0 Å². The molecule has 1 saturated carbocycles. The Morgan fingerprint density at radius 3 is 2.43 bits per heavy atom. The fourth-order valence-corrected chi connectivity index (χ4v) is 3.70. The molecule has 4 heteroatoms. The van der Waals surface area contributed by atoms with Gasteiger partial charge in [0.05, 0.1) is 7.11 Å². The van der Waals surface area contributed by atoms with Gasteiger partial charge < -0.3 is 9.64 Å². The van der Waals surface area contributed by atoms with Crippen LogP contribution in [0.4, 0.5) is 0 Å². The molecular weight excluding hydrogens is 264 g/mol. The predicted molar refractivity (Wildman–Crippen MR) is 87.3 cm³/mol. The van der Waals surface area contributed by atoms with Gasteiger partial charge in [0, 0.05) is 18.1 Å². The lowest BCUT2D eigenvalue weighted by Gasteiger charge is -2.34. The molecule has 0 amide bonds. The average molecular weight is 298 g/mol. The van der Waals surface area contributed by atoms with Crippen LogP contribution in [-0.2, 0) is 9.53 Å². The lowest BCUT2D eigenvalue weighted by atomic mass is 9.95. The molecular formula is C17H34N2O2. The molecule has 0 bridgehead atoms. The number of methoxy groups -OCH3 is 1. The van der Waals surface area contributed by atoms with Gasteiger partial charge in [-0.25, -0.2) is 0 Å². The van der Waals surface area contributed by atoms with E-state index < -0.39 is 5.54 Å². The van der Waals surface area contributed by atoms with Crippen LogP contribution < -0.4 is 5.32 Å². The van der Waals surface area contributed by atoms with Crippen molar-refractivity contribution in [1.29, 1.82) is 0 Å². The molecule has 0 aromatic heterocycles. The Labute approximate surface area is 130 Å². The highest BCUT2D eigenvalue weighted by molar-refractivity contribution is 5.81. The van der Waals surface area contributed by atoms with Crippen LogP contribution in [0.25, 0.3) is 0 Å². The first-order valence-electron chi connectivity index (χ1n) is 8.30. The van der Waals surface area contributed by atoms with Gasteiger partial charge in [0.2, 0.25) is 0 Å². The van der Waals surface area contributed by atoms with E-state index in [1.807, 2.05) is 0 Å². The van der Waals surface area contributed by atoms with Crippen molar-refractivity contribution >= 4 is 5.97 Å². The summed E-state index contributed by atoms with van der Waals surface area (Å²) in [6.07, 6.45) is 3.95. The van der Waals surface area contributed by atoms with Gasteiger partial charge in [-0.05, 0) is 59.4 Å². The van der Waals surface area contributed by atoms with Crippen LogP contribution in [0.15, 0.2) is 0 Å². The summed E-state index contributed by atoms with van der Waals surface area (Å²) in [7, 11) is 3.69. The van der Waals surface area contributed by atoms with Crippen LogP contribution in [0.2, 0.25) is 0 Å². The third-order valence-corrected chi connectivity index (χ3v) is 4.71. The Morgan fingerprint density at radius 1 is 1.33 bits per heavy atom. The minimum atomic E-state index is -0.501. The molecule has 0 radical (unpaired) electrons. The molecule has 0 aliphatic heterocycles. The number of esters is 1. The van der Waals surface area contributed by atoms with E-state index in [4.69, 9.17) is 4.74 Å². The molecule has 21 heavy (non-hydrogen) atoms. The largest absolute Gasteiger partial charge is 0.468 e. The second-order valence-corrected chi connectivity index (χ2v) is 7.41. The highest BCUT2D eigenvalue weighted by atomic mass is 16.5. The Kier molecular flexibility index (Phi) is 6.67. The van der Waals surface area contributed by atoms with Crippen molar-refractivity contribution in [3.05, 3.63) is 0 Å². The third kappa shape index (κ3) is 4.68. The summed E-state index contributed by atoms with van der Waals surface area (Å²) in [5.74, 6) is 0.589. The molecule has 0 aromatic carbocycles. The van der Waals surface area contributed by atoms with E-state index in [0.717, 1.165) is 19.3 Å². The van der Waals surface area contributed by atoms with Crippen molar-refractivity contribution in [3.63, 3.8) is 0 Å². The summed E-state index contributed by atoms with van der Waals surface area (Å²) in [6, 6.07) is 1.27. The molecule has 0 heterocycles. The zero-order chi connectivity index (χ0) is 16.2. The zero-order valence-electron chi connectivity index (χ0n) is 14.9. The molecule has 124 valence electrons. The molecule has 1 aliphatic rings. The van der Waals surface area contributed by atoms with Gasteiger partial charge in [0.25, 0.3) is 0 Å². The molecule has 3 unspecified atom stereocenters. The second-order valence-electron chi connectivity index (χ2n) is 7.41. The average Bonchev–Trinajstić information content (AvgIpc) is 2.80. The summed E-state index contributed by atoms with van der Waals surface area (Å²) in [5.41, 5.74) is -0.501. The highest BCUT2D eigenvalue weighted by Gasteiger charge is 2.47. The highest BCUT2D eigenvalue weighted by Crippen LogP contribution is 2.35. The standard InChI is InChI=1S/C17H34N2O2/c1-12(2)10-14(5)19(6)15-8-9-17(11-15,16(20)21-7)18-13(3)4/h12-15,18H,8-11H2,1-7H3. The van der Waals surface area contributed by atoms with Crippen molar-refractivity contribution in [1.82, 2.24) is 10.2 Å². The van der Waals surface area contributed by atoms with Crippen molar-refractivity contribution < 1.29 is 9.53 Å². The lowest BCUT2D eigenvalue weighted by molar-refractivity contribution is -0.149. The van der Waals surface area contributed by atoms with Gasteiger partial charge in [-0.1, -0.05) is 13.8 Å². The number of hydrogen-bond acceptors (Lipinski definition) is 4. The molecule has 1 N–H and O–H groups in total. The van der Waals surface area contributed by atoms with Crippen LogP contribution in [-0.4, -0.2) is 48.7 Å². The van der Waals surface area contributed by atoms with Gasteiger partial charge in [0.1, 0.15) is 5.54 Å². The molecule has 0 aromatic rings. The number of carbonyl (C=O) groups excluding carboxylic acids is 1. The summed E-state index contributed by atoms with van der Waals surface area (Å²) in [5, 5.41) is 3.47. The number of ether oxygens (including phenoxy) is 1. The fraction of sp³-hybridized carbons (Fsp3) is 0.941. The van der Waals surface area contributed by atoms with Crippen LogP contribution in [0.3, 0.4) is 0 Å². The number of nitrogens with one attached hydrogen (secondary N) is 1. The minimum absolute atomic E-state index is 0.108.